The largest absolute Gasteiger partial charge is 0.392 e. The number of amides is 1. The molecule has 1 amide bonds. The average molecular weight is 293 g/mol. The minimum atomic E-state index is -0.208. The molecule has 1 heterocycles. The number of halogens is 1. The lowest BCUT2D eigenvalue weighted by molar-refractivity contribution is 0.101. The molecule has 0 saturated heterocycles. The Morgan fingerprint density at radius 3 is 2.90 bits per heavy atom. The zero-order valence-electron chi connectivity index (χ0n) is 11.3. The number of carbonyl (C=O) groups excluding carboxylic acids is 1. The first-order chi connectivity index (χ1) is 9.63. The van der Waals surface area contributed by atoms with Gasteiger partial charge < -0.3 is 15.0 Å². The van der Waals surface area contributed by atoms with Gasteiger partial charge in [0.25, 0.3) is 5.91 Å². The third-order valence-corrected chi connectivity index (χ3v) is 3.13. The second kappa shape index (κ2) is 6.59. The number of aromatic nitrogens is 1. The molecule has 0 unspecified atom stereocenters. The van der Waals surface area contributed by atoms with Gasteiger partial charge in [-0.25, -0.2) is 0 Å². The zero-order chi connectivity index (χ0) is 14.5. The summed E-state index contributed by atoms with van der Waals surface area (Å²) >= 11 is 5.96. The van der Waals surface area contributed by atoms with E-state index in [4.69, 9.17) is 16.7 Å². The standard InChI is InChI=1S/C15H17ClN2O2/c1-2-6-18-9-12(16)8-14(18)15(20)17-13-5-3-4-11(7-13)10-19/h3-5,7-9,19H,2,6,10H2,1H3,(H,17,20). The summed E-state index contributed by atoms with van der Waals surface area (Å²) in [5.74, 6) is -0.208. The minimum absolute atomic E-state index is 0.0538. The lowest BCUT2D eigenvalue weighted by Crippen LogP contribution is -2.16. The lowest BCUT2D eigenvalue weighted by Gasteiger charge is -2.09. The Morgan fingerprint density at radius 2 is 2.20 bits per heavy atom. The molecule has 0 aliphatic carbocycles. The number of aryl methyl sites for hydroxylation is 1. The van der Waals surface area contributed by atoms with Gasteiger partial charge in [-0.15, -0.1) is 0 Å². The van der Waals surface area contributed by atoms with E-state index in [9.17, 15) is 4.79 Å². The van der Waals surface area contributed by atoms with Crippen LogP contribution < -0.4 is 5.32 Å². The van der Waals surface area contributed by atoms with Gasteiger partial charge in [-0.3, -0.25) is 4.79 Å². The maximum atomic E-state index is 12.3. The van der Waals surface area contributed by atoms with Crippen molar-refractivity contribution in [1.82, 2.24) is 4.57 Å². The van der Waals surface area contributed by atoms with Gasteiger partial charge >= 0.3 is 0 Å². The summed E-state index contributed by atoms with van der Waals surface area (Å²) in [6.07, 6.45) is 2.68. The molecule has 0 fully saturated rings. The predicted molar refractivity (Wildman–Crippen MR) is 80.1 cm³/mol. The van der Waals surface area contributed by atoms with E-state index in [1.807, 2.05) is 11.5 Å². The fourth-order valence-electron chi connectivity index (χ4n) is 2.03. The monoisotopic (exact) mass is 292 g/mol. The van der Waals surface area contributed by atoms with Crippen molar-refractivity contribution in [1.29, 1.82) is 0 Å². The Labute approximate surface area is 123 Å². The van der Waals surface area contributed by atoms with Crippen LogP contribution >= 0.6 is 11.6 Å². The zero-order valence-corrected chi connectivity index (χ0v) is 12.0. The predicted octanol–water partition coefficient (Wildman–Crippen LogP) is 3.30. The number of nitrogens with zero attached hydrogens (tertiary/aromatic N) is 1. The van der Waals surface area contributed by atoms with Crippen molar-refractivity contribution >= 4 is 23.2 Å². The van der Waals surface area contributed by atoms with Crippen LogP contribution in [0.25, 0.3) is 0 Å². The third kappa shape index (κ3) is 3.40. The van der Waals surface area contributed by atoms with E-state index in [2.05, 4.69) is 5.32 Å². The smallest absolute Gasteiger partial charge is 0.272 e. The fraction of sp³-hybridized carbons (Fsp3) is 0.267. The topological polar surface area (TPSA) is 54.3 Å². The van der Waals surface area contributed by atoms with Crippen LogP contribution in [-0.4, -0.2) is 15.6 Å². The van der Waals surface area contributed by atoms with Crippen LogP contribution in [0, 0.1) is 0 Å². The van der Waals surface area contributed by atoms with Crippen molar-refractivity contribution in [3.63, 3.8) is 0 Å². The number of benzene rings is 1. The van der Waals surface area contributed by atoms with Gasteiger partial charge in [0.2, 0.25) is 0 Å². The van der Waals surface area contributed by atoms with E-state index < -0.39 is 0 Å². The summed E-state index contributed by atoms with van der Waals surface area (Å²) in [5, 5.41) is 12.5. The van der Waals surface area contributed by atoms with Crippen LogP contribution in [0.3, 0.4) is 0 Å². The van der Waals surface area contributed by atoms with Crippen LogP contribution in [0.2, 0.25) is 5.02 Å². The van der Waals surface area contributed by atoms with E-state index in [1.54, 1.807) is 36.5 Å². The van der Waals surface area contributed by atoms with Gasteiger partial charge in [0.15, 0.2) is 0 Å². The van der Waals surface area contributed by atoms with Crippen LogP contribution in [0.1, 0.15) is 29.4 Å². The fourth-order valence-corrected chi connectivity index (χ4v) is 2.25. The van der Waals surface area contributed by atoms with Gasteiger partial charge in [0.05, 0.1) is 11.6 Å². The second-order valence-electron chi connectivity index (χ2n) is 4.55. The maximum Gasteiger partial charge on any atom is 0.272 e. The molecule has 0 radical (unpaired) electrons. The number of hydrogen-bond donors (Lipinski definition) is 2. The number of aliphatic hydroxyl groups is 1. The summed E-state index contributed by atoms with van der Waals surface area (Å²) in [6.45, 7) is 2.73. The van der Waals surface area contributed by atoms with Gasteiger partial charge in [-0.05, 0) is 30.2 Å². The molecular formula is C15H17ClN2O2. The Kier molecular flexibility index (Phi) is 4.82. The third-order valence-electron chi connectivity index (χ3n) is 2.93. The molecular weight excluding hydrogens is 276 g/mol. The Balaban J connectivity index is 2.19. The quantitative estimate of drug-likeness (QED) is 0.888. The first-order valence-corrected chi connectivity index (χ1v) is 6.88. The van der Waals surface area contributed by atoms with Crippen molar-refractivity contribution in [2.24, 2.45) is 0 Å². The van der Waals surface area contributed by atoms with Crippen LogP contribution in [-0.2, 0) is 13.2 Å². The van der Waals surface area contributed by atoms with Gasteiger partial charge in [0.1, 0.15) is 5.69 Å². The van der Waals surface area contributed by atoms with Crippen molar-refractivity contribution in [3.05, 3.63) is 52.8 Å². The van der Waals surface area contributed by atoms with Gasteiger partial charge in [-0.2, -0.15) is 0 Å². The highest BCUT2D eigenvalue weighted by Crippen LogP contribution is 2.17. The molecule has 2 rings (SSSR count). The van der Waals surface area contributed by atoms with E-state index >= 15 is 0 Å². The van der Waals surface area contributed by atoms with Crippen molar-refractivity contribution in [3.8, 4) is 0 Å². The second-order valence-corrected chi connectivity index (χ2v) is 4.99. The van der Waals surface area contributed by atoms with Crippen LogP contribution in [0.4, 0.5) is 5.69 Å². The molecule has 0 spiro atoms. The molecule has 0 aliphatic rings. The SMILES string of the molecule is CCCn1cc(Cl)cc1C(=O)Nc1cccc(CO)c1. The molecule has 1 aromatic heterocycles. The van der Waals surface area contributed by atoms with Crippen LogP contribution in [0.5, 0.6) is 0 Å². The molecule has 0 bridgehead atoms. The molecule has 5 heteroatoms. The van der Waals surface area contributed by atoms with Gasteiger partial charge in [0, 0.05) is 18.4 Å². The molecule has 4 nitrogen and oxygen atoms in total. The number of carbonyl (C=O) groups is 1. The average Bonchev–Trinajstić information content (AvgIpc) is 2.80. The molecule has 2 N–H and O–H groups in total. The number of nitrogens with one attached hydrogen (secondary N) is 1. The Bertz CT molecular complexity index is 608. The highest BCUT2D eigenvalue weighted by atomic mass is 35.5. The summed E-state index contributed by atoms with van der Waals surface area (Å²) in [4.78, 5) is 12.3. The Hall–Kier alpha value is -1.78. The highest BCUT2D eigenvalue weighted by molar-refractivity contribution is 6.31. The molecule has 0 saturated carbocycles. The van der Waals surface area contributed by atoms with E-state index in [-0.39, 0.29) is 12.5 Å². The summed E-state index contributed by atoms with van der Waals surface area (Å²) in [6, 6.07) is 8.77. The maximum absolute atomic E-state index is 12.3. The molecule has 106 valence electrons. The molecule has 0 aliphatic heterocycles. The number of aliphatic hydroxyl groups excluding tert-OH is 1. The number of anilines is 1. The van der Waals surface area contributed by atoms with Gasteiger partial charge in [-0.1, -0.05) is 30.7 Å². The normalized spacial score (nSPS) is 10.6. The first-order valence-electron chi connectivity index (χ1n) is 6.51. The molecule has 0 atom stereocenters. The molecule has 2 aromatic rings. The van der Waals surface area contributed by atoms with E-state index in [0.717, 1.165) is 18.5 Å². The summed E-state index contributed by atoms with van der Waals surface area (Å²) < 4.78 is 1.84. The minimum Gasteiger partial charge on any atom is -0.392 e. The molecule has 20 heavy (non-hydrogen) atoms. The summed E-state index contributed by atoms with van der Waals surface area (Å²) in [7, 11) is 0. The van der Waals surface area contributed by atoms with E-state index in [1.165, 1.54) is 0 Å². The van der Waals surface area contributed by atoms with Crippen molar-refractivity contribution in [2.45, 2.75) is 26.5 Å². The lowest BCUT2D eigenvalue weighted by atomic mass is 10.2. The highest BCUT2D eigenvalue weighted by Gasteiger charge is 2.13. The van der Waals surface area contributed by atoms with Crippen LogP contribution in [0.15, 0.2) is 36.5 Å². The number of hydrogen-bond acceptors (Lipinski definition) is 2. The number of rotatable bonds is 5. The summed E-state index contributed by atoms with van der Waals surface area (Å²) in [5.41, 5.74) is 1.94. The van der Waals surface area contributed by atoms with Crippen molar-refractivity contribution < 1.29 is 9.90 Å². The molecule has 1 aromatic carbocycles. The Morgan fingerprint density at radius 1 is 1.40 bits per heavy atom. The first kappa shape index (κ1) is 14.6. The van der Waals surface area contributed by atoms with Crippen molar-refractivity contribution in [2.75, 3.05) is 5.32 Å². The van der Waals surface area contributed by atoms with E-state index in [0.29, 0.717) is 16.4 Å².